The van der Waals surface area contributed by atoms with Crippen LogP contribution in [0.3, 0.4) is 0 Å². The first-order chi connectivity index (χ1) is 8.68. The van der Waals surface area contributed by atoms with E-state index in [1.165, 1.54) is 0 Å². The van der Waals surface area contributed by atoms with Gasteiger partial charge in [0.1, 0.15) is 5.92 Å². The van der Waals surface area contributed by atoms with Gasteiger partial charge in [0.05, 0.1) is 4.99 Å². The van der Waals surface area contributed by atoms with E-state index in [9.17, 15) is 4.79 Å². The average molecular weight is 280 g/mol. The zero-order valence-electron chi connectivity index (χ0n) is 9.96. The number of benzene rings is 1. The Labute approximate surface area is 117 Å². The van der Waals surface area contributed by atoms with Gasteiger partial charge in [0.25, 0.3) is 0 Å². The van der Waals surface area contributed by atoms with Gasteiger partial charge < -0.3 is 11.1 Å². The highest BCUT2D eigenvalue weighted by molar-refractivity contribution is 7.99. The minimum Gasteiger partial charge on any atom is -0.392 e. The molecule has 0 spiro atoms. The number of thioether (sulfide) groups is 1. The van der Waals surface area contributed by atoms with Gasteiger partial charge in [-0.3, -0.25) is 4.79 Å². The van der Waals surface area contributed by atoms with Crippen molar-refractivity contribution in [2.24, 2.45) is 5.73 Å². The molecule has 0 saturated carbocycles. The van der Waals surface area contributed by atoms with Crippen LogP contribution in [0.15, 0.2) is 30.3 Å². The molecule has 1 aromatic carbocycles. The molecule has 1 heterocycles. The summed E-state index contributed by atoms with van der Waals surface area (Å²) in [5.74, 6) is 1.48. The molecule has 96 valence electrons. The van der Waals surface area contributed by atoms with E-state index in [0.717, 1.165) is 23.5 Å². The van der Waals surface area contributed by atoms with Crippen LogP contribution in [0.1, 0.15) is 17.9 Å². The van der Waals surface area contributed by atoms with E-state index in [1.807, 2.05) is 42.1 Å². The quantitative estimate of drug-likeness (QED) is 0.824. The molecule has 0 bridgehead atoms. The second kappa shape index (κ2) is 6.20. The number of carbonyl (C=O) groups is 1. The smallest absolute Gasteiger partial charge is 0.234 e. The van der Waals surface area contributed by atoms with Crippen LogP contribution in [0.2, 0.25) is 0 Å². The zero-order chi connectivity index (χ0) is 13.0. The lowest BCUT2D eigenvalue weighted by Crippen LogP contribution is -2.41. The lowest BCUT2D eigenvalue weighted by molar-refractivity contribution is -0.121. The zero-order valence-corrected chi connectivity index (χ0v) is 11.6. The third-order valence-corrected chi connectivity index (χ3v) is 4.35. The normalized spacial score (nSPS) is 20.3. The molecule has 2 atom stereocenters. The first-order valence-corrected chi connectivity index (χ1v) is 7.47. The molecule has 0 aliphatic carbocycles. The average Bonchev–Trinajstić information content (AvgIpc) is 2.83. The highest BCUT2D eigenvalue weighted by Crippen LogP contribution is 2.20. The standard InChI is InChI=1S/C13H16N2OS2/c14-12(17)11(9-4-2-1-3-5-9)13(16)15-10-6-7-18-8-10/h1-5,10-11H,6-8H2,(H2,14,17)(H,15,16). The molecule has 0 aromatic heterocycles. The fourth-order valence-corrected chi connectivity index (χ4v) is 3.42. The fourth-order valence-electron chi connectivity index (χ4n) is 2.02. The Hall–Kier alpha value is -1.07. The first-order valence-electron chi connectivity index (χ1n) is 5.91. The largest absolute Gasteiger partial charge is 0.392 e. The van der Waals surface area contributed by atoms with Crippen molar-refractivity contribution in [3.8, 4) is 0 Å². The minimum atomic E-state index is -0.521. The topological polar surface area (TPSA) is 55.1 Å². The highest BCUT2D eigenvalue weighted by Gasteiger charge is 2.26. The molecular weight excluding hydrogens is 264 g/mol. The van der Waals surface area contributed by atoms with Crippen LogP contribution >= 0.6 is 24.0 Å². The Bertz CT molecular complexity index is 430. The molecule has 18 heavy (non-hydrogen) atoms. The molecule has 1 fully saturated rings. The van der Waals surface area contributed by atoms with Gasteiger partial charge in [0, 0.05) is 11.8 Å². The van der Waals surface area contributed by atoms with Gasteiger partial charge in [-0.2, -0.15) is 11.8 Å². The van der Waals surface area contributed by atoms with Crippen LogP contribution < -0.4 is 11.1 Å². The molecule has 1 aliphatic rings. The number of amides is 1. The number of hydrogen-bond acceptors (Lipinski definition) is 3. The van der Waals surface area contributed by atoms with Gasteiger partial charge in [-0.15, -0.1) is 0 Å². The van der Waals surface area contributed by atoms with Crippen LogP contribution in [-0.2, 0) is 4.79 Å². The first kappa shape index (κ1) is 13.4. The van der Waals surface area contributed by atoms with E-state index in [1.54, 1.807) is 0 Å². The number of nitrogens with one attached hydrogen (secondary N) is 1. The summed E-state index contributed by atoms with van der Waals surface area (Å²) in [7, 11) is 0. The van der Waals surface area contributed by atoms with Gasteiger partial charge in [-0.05, 0) is 17.7 Å². The lowest BCUT2D eigenvalue weighted by Gasteiger charge is -2.18. The number of hydrogen-bond donors (Lipinski definition) is 2. The van der Waals surface area contributed by atoms with Gasteiger partial charge >= 0.3 is 0 Å². The third kappa shape index (κ3) is 3.23. The Balaban J connectivity index is 2.10. The van der Waals surface area contributed by atoms with Crippen LogP contribution in [0.4, 0.5) is 0 Å². The second-order valence-corrected chi connectivity index (χ2v) is 5.94. The van der Waals surface area contributed by atoms with Crippen LogP contribution in [0.5, 0.6) is 0 Å². The Morgan fingerprint density at radius 3 is 2.72 bits per heavy atom. The molecule has 1 amide bonds. The summed E-state index contributed by atoms with van der Waals surface area (Å²) in [4.78, 5) is 12.5. The number of rotatable bonds is 4. The van der Waals surface area contributed by atoms with Gasteiger partial charge in [0.15, 0.2) is 0 Å². The SMILES string of the molecule is NC(=S)C(C(=O)NC1CCSC1)c1ccccc1. The van der Waals surface area contributed by atoms with E-state index >= 15 is 0 Å². The Kier molecular flexibility index (Phi) is 4.60. The van der Waals surface area contributed by atoms with Gasteiger partial charge in [-0.1, -0.05) is 42.5 Å². The van der Waals surface area contributed by atoms with Crippen LogP contribution in [0.25, 0.3) is 0 Å². The summed E-state index contributed by atoms with van der Waals surface area (Å²) in [5.41, 5.74) is 6.56. The maximum absolute atomic E-state index is 12.3. The van der Waals surface area contributed by atoms with E-state index in [4.69, 9.17) is 18.0 Å². The summed E-state index contributed by atoms with van der Waals surface area (Å²) in [6, 6.07) is 9.70. The number of nitrogens with two attached hydrogens (primary N) is 1. The van der Waals surface area contributed by atoms with Crippen molar-refractivity contribution in [2.45, 2.75) is 18.4 Å². The highest BCUT2D eigenvalue weighted by atomic mass is 32.2. The minimum absolute atomic E-state index is 0.0822. The fraction of sp³-hybridized carbons (Fsp3) is 0.385. The second-order valence-electron chi connectivity index (χ2n) is 4.32. The van der Waals surface area contributed by atoms with Crippen LogP contribution in [-0.4, -0.2) is 28.4 Å². The molecule has 2 rings (SSSR count). The van der Waals surface area contributed by atoms with Gasteiger partial charge in [0.2, 0.25) is 5.91 Å². The summed E-state index contributed by atoms with van der Waals surface area (Å²) < 4.78 is 0. The van der Waals surface area contributed by atoms with Crippen molar-refractivity contribution in [2.75, 3.05) is 11.5 Å². The van der Waals surface area contributed by atoms with Crippen molar-refractivity contribution in [1.29, 1.82) is 0 Å². The van der Waals surface area contributed by atoms with Gasteiger partial charge in [-0.25, -0.2) is 0 Å². The monoisotopic (exact) mass is 280 g/mol. The van der Waals surface area contributed by atoms with Crippen molar-refractivity contribution in [3.05, 3.63) is 35.9 Å². The lowest BCUT2D eigenvalue weighted by atomic mass is 9.98. The maximum Gasteiger partial charge on any atom is 0.234 e. The van der Waals surface area contributed by atoms with Crippen molar-refractivity contribution in [1.82, 2.24) is 5.32 Å². The number of thiocarbonyl (C=S) groups is 1. The third-order valence-electron chi connectivity index (χ3n) is 2.96. The summed E-state index contributed by atoms with van der Waals surface area (Å²) in [6.07, 6.45) is 1.02. The van der Waals surface area contributed by atoms with E-state index in [2.05, 4.69) is 5.32 Å². The van der Waals surface area contributed by atoms with E-state index in [-0.39, 0.29) is 16.9 Å². The Morgan fingerprint density at radius 2 is 2.17 bits per heavy atom. The van der Waals surface area contributed by atoms with E-state index in [0.29, 0.717) is 0 Å². The molecule has 2 unspecified atom stereocenters. The number of carbonyl (C=O) groups excluding carboxylic acids is 1. The molecular formula is C13H16N2OS2. The van der Waals surface area contributed by atoms with Crippen molar-refractivity contribution >= 4 is 34.9 Å². The summed E-state index contributed by atoms with van der Waals surface area (Å²) >= 11 is 6.89. The van der Waals surface area contributed by atoms with Crippen LogP contribution in [0, 0.1) is 0 Å². The molecule has 1 aromatic rings. The molecule has 3 nitrogen and oxygen atoms in total. The Morgan fingerprint density at radius 1 is 1.44 bits per heavy atom. The summed E-state index contributed by atoms with van der Waals surface area (Å²) in [6.45, 7) is 0. The molecule has 1 aliphatic heterocycles. The van der Waals surface area contributed by atoms with Crippen molar-refractivity contribution < 1.29 is 4.79 Å². The molecule has 3 N–H and O–H groups in total. The van der Waals surface area contributed by atoms with E-state index < -0.39 is 5.92 Å². The molecule has 5 heteroatoms. The summed E-state index contributed by atoms with van der Waals surface area (Å²) in [5, 5.41) is 3.03. The molecule has 1 saturated heterocycles. The van der Waals surface area contributed by atoms with Crippen molar-refractivity contribution in [3.63, 3.8) is 0 Å². The molecule has 0 radical (unpaired) electrons. The maximum atomic E-state index is 12.3. The predicted molar refractivity (Wildman–Crippen MR) is 79.8 cm³/mol. The predicted octanol–water partition coefficient (Wildman–Crippen LogP) is 1.68.